The smallest absolute Gasteiger partial charge is 0.313 e. The normalized spacial score (nSPS) is 13.2. The van der Waals surface area contributed by atoms with Crippen molar-refractivity contribution >= 4 is 5.97 Å². The molecule has 0 aliphatic carbocycles. The molecule has 1 unspecified atom stereocenters. The van der Waals surface area contributed by atoms with Crippen molar-refractivity contribution in [2.75, 3.05) is 0 Å². The first-order chi connectivity index (χ1) is 6.04. The maximum absolute atomic E-state index is 10.7. The molecule has 0 aromatic carbocycles. The van der Waals surface area contributed by atoms with Crippen LogP contribution in [0.5, 0.6) is 0 Å². The van der Waals surface area contributed by atoms with Gasteiger partial charge in [-0.1, -0.05) is 0 Å². The van der Waals surface area contributed by atoms with Gasteiger partial charge in [-0.3, -0.25) is 4.79 Å². The second-order valence-electron chi connectivity index (χ2n) is 3.22. The molecule has 0 saturated heterocycles. The molecule has 0 bridgehead atoms. The van der Waals surface area contributed by atoms with E-state index >= 15 is 0 Å². The van der Waals surface area contributed by atoms with Crippen LogP contribution in [0, 0.1) is 0 Å². The summed E-state index contributed by atoms with van der Waals surface area (Å²) in [6, 6.07) is 0.138. The molecular formula is C8H13N3O2. The lowest BCUT2D eigenvalue weighted by Crippen LogP contribution is -2.16. The third kappa shape index (κ3) is 1.85. The number of carboxylic acids is 1. The van der Waals surface area contributed by atoms with Gasteiger partial charge in [-0.15, -0.1) is 0 Å². The molecular weight excluding hydrogens is 170 g/mol. The van der Waals surface area contributed by atoms with Crippen LogP contribution in [0.2, 0.25) is 0 Å². The Balaban J connectivity index is 3.00. The Kier molecular flexibility index (Phi) is 2.65. The molecule has 72 valence electrons. The second-order valence-corrected chi connectivity index (χ2v) is 3.22. The molecule has 0 saturated carbocycles. The van der Waals surface area contributed by atoms with Crippen LogP contribution < -0.4 is 0 Å². The first kappa shape index (κ1) is 9.70. The molecule has 1 aromatic rings. The fourth-order valence-corrected chi connectivity index (χ4v) is 1.08. The Labute approximate surface area is 76.4 Å². The molecule has 1 N–H and O–H groups in total. The zero-order chi connectivity index (χ0) is 10.0. The van der Waals surface area contributed by atoms with Crippen molar-refractivity contribution in [1.82, 2.24) is 14.8 Å². The van der Waals surface area contributed by atoms with E-state index in [2.05, 4.69) is 10.1 Å². The average Bonchev–Trinajstić information content (AvgIpc) is 2.50. The Morgan fingerprint density at radius 2 is 2.15 bits per heavy atom. The quantitative estimate of drug-likeness (QED) is 0.760. The third-order valence-electron chi connectivity index (χ3n) is 1.85. The highest BCUT2D eigenvalue weighted by molar-refractivity contribution is 5.74. The van der Waals surface area contributed by atoms with Crippen LogP contribution >= 0.6 is 0 Å². The summed E-state index contributed by atoms with van der Waals surface area (Å²) >= 11 is 0. The molecule has 1 rings (SSSR count). The summed E-state index contributed by atoms with van der Waals surface area (Å²) in [5.74, 6) is -0.984. The van der Waals surface area contributed by atoms with E-state index < -0.39 is 11.9 Å². The maximum Gasteiger partial charge on any atom is 0.313 e. The van der Waals surface area contributed by atoms with Crippen molar-refractivity contribution in [3.05, 3.63) is 12.2 Å². The standard InChI is InChI=1S/C8H13N3O2/c1-5(2)11-7(9-4-10-11)6(3)8(12)13/h4-6H,1-3H3,(H,12,13). The van der Waals surface area contributed by atoms with Gasteiger partial charge in [-0.25, -0.2) is 9.67 Å². The van der Waals surface area contributed by atoms with Gasteiger partial charge in [0.25, 0.3) is 0 Å². The Hall–Kier alpha value is -1.39. The summed E-state index contributed by atoms with van der Waals surface area (Å²) < 4.78 is 1.62. The molecule has 0 aliphatic heterocycles. The van der Waals surface area contributed by atoms with E-state index in [9.17, 15) is 4.79 Å². The summed E-state index contributed by atoms with van der Waals surface area (Å²) in [7, 11) is 0. The third-order valence-corrected chi connectivity index (χ3v) is 1.85. The predicted octanol–water partition coefficient (Wildman–Crippen LogP) is 1.05. The summed E-state index contributed by atoms with van der Waals surface area (Å²) in [5.41, 5.74) is 0. The van der Waals surface area contributed by atoms with Gasteiger partial charge in [0, 0.05) is 6.04 Å². The molecule has 13 heavy (non-hydrogen) atoms. The number of hydrogen-bond acceptors (Lipinski definition) is 3. The molecule has 5 nitrogen and oxygen atoms in total. The van der Waals surface area contributed by atoms with Gasteiger partial charge in [-0.2, -0.15) is 5.10 Å². The van der Waals surface area contributed by atoms with Gasteiger partial charge < -0.3 is 5.11 Å². The number of rotatable bonds is 3. The van der Waals surface area contributed by atoms with E-state index in [0.29, 0.717) is 5.82 Å². The summed E-state index contributed by atoms with van der Waals surface area (Å²) in [6.07, 6.45) is 1.38. The van der Waals surface area contributed by atoms with Crippen molar-refractivity contribution in [3.63, 3.8) is 0 Å². The zero-order valence-corrected chi connectivity index (χ0v) is 7.93. The highest BCUT2D eigenvalue weighted by Crippen LogP contribution is 2.15. The first-order valence-corrected chi connectivity index (χ1v) is 4.16. The minimum atomic E-state index is -0.880. The Morgan fingerprint density at radius 3 is 2.62 bits per heavy atom. The van der Waals surface area contributed by atoms with Crippen LogP contribution in [0.4, 0.5) is 0 Å². The molecule has 1 aromatic heterocycles. The number of aromatic nitrogens is 3. The van der Waals surface area contributed by atoms with Gasteiger partial charge >= 0.3 is 5.97 Å². The number of nitrogens with zero attached hydrogens (tertiary/aromatic N) is 3. The minimum absolute atomic E-state index is 0.138. The highest BCUT2D eigenvalue weighted by Gasteiger charge is 2.20. The number of carboxylic acid groups (broad SMARTS) is 1. The van der Waals surface area contributed by atoms with Crippen LogP contribution in [-0.4, -0.2) is 25.8 Å². The summed E-state index contributed by atoms with van der Waals surface area (Å²) in [6.45, 7) is 5.48. The van der Waals surface area contributed by atoms with Crippen LogP contribution in [0.15, 0.2) is 6.33 Å². The number of carbonyl (C=O) groups is 1. The van der Waals surface area contributed by atoms with Crippen molar-refractivity contribution in [2.45, 2.75) is 32.7 Å². The van der Waals surface area contributed by atoms with E-state index in [1.54, 1.807) is 11.6 Å². The fourth-order valence-electron chi connectivity index (χ4n) is 1.08. The highest BCUT2D eigenvalue weighted by atomic mass is 16.4. The molecule has 0 amide bonds. The fraction of sp³-hybridized carbons (Fsp3) is 0.625. The van der Waals surface area contributed by atoms with E-state index in [1.165, 1.54) is 6.33 Å². The average molecular weight is 183 g/mol. The number of aliphatic carboxylic acids is 1. The van der Waals surface area contributed by atoms with Crippen LogP contribution in [0.3, 0.4) is 0 Å². The topological polar surface area (TPSA) is 68.0 Å². The van der Waals surface area contributed by atoms with E-state index in [1.807, 2.05) is 13.8 Å². The maximum atomic E-state index is 10.7. The number of hydrogen-bond donors (Lipinski definition) is 1. The Bertz CT molecular complexity index is 306. The zero-order valence-electron chi connectivity index (χ0n) is 7.93. The van der Waals surface area contributed by atoms with Crippen molar-refractivity contribution in [2.24, 2.45) is 0 Å². The molecule has 1 atom stereocenters. The van der Waals surface area contributed by atoms with Crippen molar-refractivity contribution in [3.8, 4) is 0 Å². The molecule has 0 spiro atoms. The second kappa shape index (κ2) is 3.55. The minimum Gasteiger partial charge on any atom is -0.481 e. The monoisotopic (exact) mass is 183 g/mol. The van der Waals surface area contributed by atoms with E-state index in [-0.39, 0.29) is 6.04 Å². The SMILES string of the molecule is CC(C(=O)O)c1ncnn1C(C)C. The lowest BCUT2D eigenvalue weighted by molar-refractivity contribution is -0.138. The van der Waals surface area contributed by atoms with Crippen LogP contribution in [0.25, 0.3) is 0 Å². The molecule has 0 fully saturated rings. The Morgan fingerprint density at radius 1 is 1.54 bits per heavy atom. The molecule has 0 aliphatic rings. The van der Waals surface area contributed by atoms with Gasteiger partial charge in [0.05, 0.1) is 0 Å². The van der Waals surface area contributed by atoms with Gasteiger partial charge in [0.15, 0.2) is 0 Å². The molecule has 5 heteroatoms. The summed E-state index contributed by atoms with van der Waals surface area (Å²) in [4.78, 5) is 14.6. The predicted molar refractivity (Wildman–Crippen MR) is 46.5 cm³/mol. The van der Waals surface area contributed by atoms with Gasteiger partial charge in [0.2, 0.25) is 0 Å². The van der Waals surface area contributed by atoms with E-state index in [0.717, 1.165) is 0 Å². The van der Waals surface area contributed by atoms with Gasteiger partial charge in [0.1, 0.15) is 18.1 Å². The first-order valence-electron chi connectivity index (χ1n) is 4.16. The van der Waals surface area contributed by atoms with E-state index in [4.69, 9.17) is 5.11 Å². The molecule has 1 heterocycles. The van der Waals surface area contributed by atoms with Gasteiger partial charge in [-0.05, 0) is 20.8 Å². The van der Waals surface area contributed by atoms with Crippen molar-refractivity contribution in [1.29, 1.82) is 0 Å². The molecule has 0 radical (unpaired) electrons. The van der Waals surface area contributed by atoms with Crippen LogP contribution in [-0.2, 0) is 4.79 Å². The van der Waals surface area contributed by atoms with Crippen LogP contribution in [0.1, 0.15) is 38.6 Å². The summed E-state index contributed by atoms with van der Waals surface area (Å²) in [5, 5.41) is 12.7. The lowest BCUT2D eigenvalue weighted by Gasteiger charge is -2.11. The largest absolute Gasteiger partial charge is 0.481 e. The van der Waals surface area contributed by atoms with Crippen molar-refractivity contribution < 1.29 is 9.90 Å². The lowest BCUT2D eigenvalue weighted by atomic mass is 10.1.